The molecule has 3 amide bonds. The fourth-order valence-corrected chi connectivity index (χ4v) is 10.4. The molecule has 3 saturated heterocycles. The maximum atomic E-state index is 13.5. The molecule has 0 saturated carbocycles. The van der Waals surface area contributed by atoms with Gasteiger partial charge in [-0.3, -0.25) is 18.8 Å². The first-order chi connectivity index (χ1) is 30.3. The topological polar surface area (TPSA) is 164 Å². The number of imidazole rings is 1. The monoisotopic (exact) mass is 861 g/mol. The first-order valence-electron chi connectivity index (χ1n) is 21.8. The Bertz CT molecular complexity index is 2220. The van der Waals surface area contributed by atoms with Crippen molar-refractivity contribution in [3.05, 3.63) is 142 Å². The minimum atomic E-state index is -0.729. The lowest BCUT2D eigenvalue weighted by Crippen LogP contribution is -2.44. The van der Waals surface area contributed by atoms with Crippen LogP contribution in [0.3, 0.4) is 0 Å². The summed E-state index contributed by atoms with van der Waals surface area (Å²) in [5.74, 6) is 0.236. The number of carbonyl (C=O) groups is 3. The zero-order valence-electron chi connectivity index (χ0n) is 35.2. The van der Waals surface area contributed by atoms with Crippen LogP contribution in [0.2, 0.25) is 0 Å². The molecule has 5 aromatic rings. The average Bonchev–Trinajstić information content (AvgIpc) is 3.94. The summed E-state index contributed by atoms with van der Waals surface area (Å²) in [4.78, 5) is 52.6. The van der Waals surface area contributed by atoms with Crippen molar-refractivity contribution in [2.45, 2.75) is 94.0 Å². The van der Waals surface area contributed by atoms with E-state index in [1.54, 1.807) is 9.47 Å². The first-order valence-corrected chi connectivity index (χ1v) is 22.9. The lowest BCUT2D eigenvalue weighted by Gasteiger charge is -2.34. The third-order valence-electron chi connectivity index (χ3n) is 12.1. The Morgan fingerprint density at radius 1 is 0.806 bits per heavy atom. The minimum Gasteiger partial charge on any atom is -0.481 e. The van der Waals surface area contributed by atoms with Crippen molar-refractivity contribution in [1.29, 1.82) is 0 Å². The number of benzene rings is 4. The van der Waals surface area contributed by atoms with Crippen molar-refractivity contribution in [1.82, 2.24) is 29.6 Å². The third-order valence-corrected chi connectivity index (χ3v) is 13.6. The predicted octanol–water partition coefficient (Wildman–Crippen LogP) is 6.65. The number of nitrogens with one attached hydrogen (secondary N) is 2. The highest BCUT2D eigenvalue weighted by atomic mass is 32.2. The number of hydrogen-bond acceptors (Lipinski definition) is 8. The Labute approximate surface area is 367 Å². The standard InChI is InChI=1S/C38H43N5O3.C10H16N2O3S/c39-22-25-42-35-18-10-11-19-36(35)43(37(42)44)33-20-23-40(24-21-33)38(45)46-29-34(26-30-12-4-1-5-13-30)41(27-31-14-6-2-7-15-31)28-32-16-8-3-9-17-32;13-8(14)4-2-1-3-7-9-6(5-16-7)11-10(15)12-9/h1-19,33-34H,20-29,39H2;6-7,9H,1-5H2,(H,13,14)(H2,11,12,15)/t34-;6-,7-,9-/m00/s1. The number of aliphatic carboxylic acids is 1. The van der Waals surface area contributed by atoms with E-state index < -0.39 is 5.97 Å². The van der Waals surface area contributed by atoms with Crippen LogP contribution in [0.25, 0.3) is 11.0 Å². The summed E-state index contributed by atoms with van der Waals surface area (Å²) in [7, 11) is 0. The highest BCUT2D eigenvalue weighted by Gasteiger charge is 2.42. The molecule has 13 nitrogen and oxygen atoms in total. The number of piperidine rings is 1. The molecule has 8 rings (SSSR count). The molecule has 14 heteroatoms. The van der Waals surface area contributed by atoms with Crippen LogP contribution < -0.4 is 22.1 Å². The van der Waals surface area contributed by atoms with Gasteiger partial charge >= 0.3 is 23.8 Å². The maximum absolute atomic E-state index is 13.5. The number of likely N-dealkylation sites (tertiary alicyclic amines) is 1. The van der Waals surface area contributed by atoms with Gasteiger partial charge in [-0.1, -0.05) is 110 Å². The van der Waals surface area contributed by atoms with Crippen LogP contribution in [-0.4, -0.2) is 97.5 Å². The van der Waals surface area contributed by atoms with Crippen molar-refractivity contribution in [2.75, 3.05) is 32.0 Å². The lowest BCUT2D eigenvalue weighted by molar-refractivity contribution is -0.137. The van der Waals surface area contributed by atoms with Gasteiger partial charge in [-0.25, -0.2) is 14.4 Å². The van der Waals surface area contributed by atoms with Crippen molar-refractivity contribution in [3.63, 3.8) is 0 Å². The summed E-state index contributed by atoms with van der Waals surface area (Å²) < 4.78 is 9.76. The van der Waals surface area contributed by atoms with Crippen LogP contribution in [0.5, 0.6) is 0 Å². The quantitative estimate of drug-likeness (QED) is 0.0593. The number of carbonyl (C=O) groups excluding carboxylic acids is 2. The molecule has 4 heterocycles. The summed E-state index contributed by atoms with van der Waals surface area (Å²) in [6.07, 6.45) is 4.71. The number of ether oxygens (including phenoxy) is 1. The molecule has 328 valence electrons. The Morgan fingerprint density at radius 3 is 2.02 bits per heavy atom. The molecule has 4 aromatic carbocycles. The molecule has 4 atom stereocenters. The van der Waals surface area contributed by atoms with E-state index in [1.807, 2.05) is 58.8 Å². The summed E-state index contributed by atoms with van der Waals surface area (Å²) in [6, 6.07) is 39.6. The SMILES string of the molecule is NCCn1c(=O)n(C2CCN(C(=O)OC[C@H](Cc3ccccc3)N(Cc3ccccc3)Cc3ccccc3)CC2)c2ccccc21.O=C(O)CCCC[C@@H]1SC[C@@H]2NC(=O)N[C@@H]21. The van der Waals surface area contributed by atoms with Gasteiger partial charge in [0, 0.05) is 68.8 Å². The van der Waals surface area contributed by atoms with Gasteiger partial charge in [0.15, 0.2) is 0 Å². The first kappa shape index (κ1) is 44.5. The number of nitrogens with two attached hydrogens (primary N) is 1. The average molecular weight is 862 g/mol. The summed E-state index contributed by atoms with van der Waals surface area (Å²) in [5.41, 5.74) is 11.2. The number of aromatic nitrogens is 2. The number of rotatable bonds is 17. The van der Waals surface area contributed by atoms with E-state index >= 15 is 0 Å². The lowest BCUT2D eigenvalue weighted by atomic mass is 10.0. The molecular formula is C48H59N7O6S. The van der Waals surface area contributed by atoms with Gasteiger partial charge in [-0.05, 0) is 60.9 Å². The fraction of sp³-hybridized carbons (Fsp3) is 0.417. The fourth-order valence-electron chi connectivity index (χ4n) is 8.89. The van der Waals surface area contributed by atoms with E-state index in [2.05, 4.69) is 88.3 Å². The van der Waals surface area contributed by atoms with Crippen LogP contribution >= 0.6 is 11.8 Å². The van der Waals surface area contributed by atoms with Gasteiger partial charge in [0.25, 0.3) is 0 Å². The molecule has 0 bridgehead atoms. The van der Waals surface area contributed by atoms with Gasteiger partial charge in [0.1, 0.15) is 6.61 Å². The van der Waals surface area contributed by atoms with Gasteiger partial charge in [0.05, 0.1) is 23.1 Å². The second-order valence-electron chi connectivity index (χ2n) is 16.4. The molecule has 5 N–H and O–H groups in total. The molecule has 62 heavy (non-hydrogen) atoms. The third kappa shape index (κ3) is 11.7. The Balaban J connectivity index is 0.000000302. The number of urea groups is 1. The molecular weight excluding hydrogens is 803 g/mol. The number of amides is 3. The van der Waals surface area contributed by atoms with Crippen molar-refractivity contribution in [2.24, 2.45) is 5.73 Å². The van der Waals surface area contributed by atoms with Crippen LogP contribution in [0.15, 0.2) is 120 Å². The zero-order chi connectivity index (χ0) is 43.3. The highest BCUT2D eigenvalue weighted by molar-refractivity contribution is 8.00. The molecule has 0 radical (unpaired) electrons. The summed E-state index contributed by atoms with van der Waals surface area (Å²) in [5, 5.41) is 14.8. The summed E-state index contributed by atoms with van der Waals surface area (Å²) >= 11 is 1.87. The Hall–Kier alpha value is -5.57. The second-order valence-corrected chi connectivity index (χ2v) is 17.6. The number of unbranched alkanes of at least 4 members (excludes halogenated alkanes) is 1. The number of fused-ring (bicyclic) bond motifs is 2. The number of hydrogen-bond donors (Lipinski definition) is 4. The van der Waals surface area contributed by atoms with Gasteiger partial charge in [-0.2, -0.15) is 11.8 Å². The molecule has 3 aliphatic rings. The van der Waals surface area contributed by atoms with E-state index in [0.717, 1.165) is 55.6 Å². The Kier molecular flexibility index (Phi) is 15.8. The van der Waals surface area contributed by atoms with Crippen molar-refractivity contribution < 1.29 is 24.2 Å². The second kappa shape index (κ2) is 22.0. The normalized spacial score (nSPS) is 19.0. The zero-order valence-corrected chi connectivity index (χ0v) is 36.0. The predicted molar refractivity (Wildman–Crippen MR) is 244 cm³/mol. The van der Waals surface area contributed by atoms with Crippen LogP contribution in [0.4, 0.5) is 9.59 Å². The number of para-hydroxylation sites is 2. The Morgan fingerprint density at radius 2 is 1.40 bits per heavy atom. The minimum absolute atomic E-state index is 0.0125. The van der Waals surface area contributed by atoms with Gasteiger partial charge < -0.3 is 31.1 Å². The van der Waals surface area contributed by atoms with Crippen molar-refractivity contribution >= 4 is 40.9 Å². The van der Waals surface area contributed by atoms with Gasteiger partial charge in [-0.15, -0.1) is 0 Å². The van der Waals surface area contributed by atoms with Crippen molar-refractivity contribution in [3.8, 4) is 0 Å². The molecule has 3 aliphatic heterocycles. The van der Waals surface area contributed by atoms with Gasteiger partial charge in [0.2, 0.25) is 0 Å². The molecule has 0 spiro atoms. The van der Waals surface area contributed by atoms with E-state index in [1.165, 1.54) is 16.7 Å². The smallest absolute Gasteiger partial charge is 0.409 e. The number of nitrogens with zero attached hydrogens (tertiary/aromatic N) is 4. The molecule has 0 unspecified atom stereocenters. The number of carboxylic acids is 1. The number of carboxylic acid groups (broad SMARTS) is 1. The van der Waals surface area contributed by atoms with Crippen LogP contribution in [0, 0.1) is 0 Å². The largest absolute Gasteiger partial charge is 0.481 e. The molecule has 3 fully saturated rings. The maximum Gasteiger partial charge on any atom is 0.409 e. The van der Waals surface area contributed by atoms with E-state index in [4.69, 9.17) is 15.6 Å². The van der Waals surface area contributed by atoms with E-state index in [9.17, 15) is 19.2 Å². The molecule has 1 aromatic heterocycles. The van der Waals surface area contributed by atoms with E-state index in [-0.39, 0.29) is 55.0 Å². The highest BCUT2D eigenvalue weighted by Crippen LogP contribution is 2.33. The summed E-state index contributed by atoms with van der Waals surface area (Å²) in [6.45, 7) is 3.70. The number of thioether (sulfide) groups is 1. The molecule has 0 aliphatic carbocycles. The van der Waals surface area contributed by atoms with Crippen LogP contribution in [-0.2, 0) is 35.6 Å². The van der Waals surface area contributed by atoms with Crippen LogP contribution in [0.1, 0.15) is 61.3 Å². The van der Waals surface area contributed by atoms with E-state index in [0.29, 0.717) is 44.3 Å².